The molecule has 1 N–H and O–H groups in total. The molecule has 0 amide bonds. The van der Waals surface area contributed by atoms with Gasteiger partial charge in [0.2, 0.25) is 0 Å². The van der Waals surface area contributed by atoms with E-state index in [9.17, 15) is 4.79 Å². The predicted octanol–water partition coefficient (Wildman–Crippen LogP) is 4.81. The Hall–Kier alpha value is -1.58. The van der Waals surface area contributed by atoms with E-state index in [1.165, 1.54) is 0 Å². The van der Waals surface area contributed by atoms with Crippen LogP contribution in [0.2, 0.25) is 5.02 Å². The number of carbonyl (C=O) groups is 1. The van der Waals surface area contributed by atoms with Crippen LogP contribution < -0.4 is 0 Å². The summed E-state index contributed by atoms with van der Waals surface area (Å²) in [5.74, 6) is -0.0269. The molecule has 0 atom stereocenters. The van der Waals surface area contributed by atoms with Gasteiger partial charge in [0, 0.05) is 27.2 Å². The quantitative estimate of drug-likeness (QED) is 0.670. The van der Waals surface area contributed by atoms with Crippen LogP contribution in [-0.2, 0) is 0 Å². The van der Waals surface area contributed by atoms with Gasteiger partial charge in [0.15, 0.2) is 5.78 Å². The van der Waals surface area contributed by atoms with Gasteiger partial charge in [-0.3, -0.25) is 4.79 Å². The summed E-state index contributed by atoms with van der Waals surface area (Å²) in [5, 5.41) is 1.46. The molecule has 0 saturated carbocycles. The van der Waals surface area contributed by atoms with Crippen molar-refractivity contribution in [2.24, 2.45) is 0 Å². The molecule has 0 spiro atoms. The van der Waals surface area contributed by atoms with Crippen molar-refractivity contribution in [2.45, 2.75) is 0 Å². The van der Waals surface area contributed by atoms with E-state index in [0.29, 0.717) is 16.1 Å². The van der Waals surface area contributed by atoms with Crippen LogP contribution in [0.1, 0.15) is 15.9 Å². The lowest BCUT2D eigenvalue weighted by Crippen LogP contribution is -2.01. The normalized spacial score (nSPS) is 10.8. The topological polar surface area (TPSA) is 32.9 Å². The van der Waals surface area contributed by atoms with Gasteiger partial charge < -0.3 is 4.98 Å². The minimum Gasteiger partial charge on any atom is -0.359 e. The van der Waals surface area contributed by atoms with Gasteiger partial charge in [-0.05, 0) is 18.2 Å². The molecule has 94 valence electrons. The summed E-state index contributed by atoms with van der Waals surface area (Å²) >= 11 is 9.50. The van der Waals surface area contributed by atoms with E-state index in [-0.39, 0.29) is 5.78 Å². The smallest absolute Gasteiger partial charge is 0.196 e. The molecule has 0 fully saturated rings. The number of rotatable bonds is 2. The molecule has 4 heteroatoms. The average Bonchev–Trinajstić information content (AvgIpc) is 2.84. The van der Waals surface area contributed by atoms with Crippen LogP contribution in [-0.4, -0.2) is 10.8 Å². The van der Waals surface area contributed by atoms with Crippen LogP contribution in [0.15, 0.2) is 53.1 Å². The first-order valence-corrected chi connectivity index (χ1v) is 6.90. The molecule has 1 heterocycles. The van der Waals surface area contributed by atoms with Gasteiger partial charge in [-0.1, -0.05) is 51.8 Å². The molecule has 3 aromatic rings. The van der Waals surface area contributed by atoms with Crippen molar-refractivity contribution in [1.82, 2.24) is 4.98 Å². The number of para-hydroxylation sites is 1. The number of aromatic nitrogens is 1. The van der Waals surface area contributed by atoms with Gasteiger partial charge in [0.1, 0.15) is 0 Å². The number of aromatic amines is 1. The van der Waals surface area contributed by atoms with E-state index in [4.69, 9.17) is 11.6 Å². The van der Waals surface area contributed by atoms with Gasteiger partial charge in [-0.25, -0.2) is 0 Å². The third-order valence-electron chi connectivity index (χ3n) is 3.03. The molecule has 3 rings (SSSR count). The number of H-pyrrole nitrogens is 1. The summed E-state index contributed by atoms with van der Waals surface area (Å²) < 4.78 is 0.788. The fourth-order valence-corrected chi connectivity index (χ4v) is 2.79. The van der Waals surface area contributed by atoms with E-state index in [2.05, 4.69) is 20.9 Å². The van der Waals surface area contributed by atoms with Gasteiger partial charge in [0.05, 0.1) is 10.5 Å². The second kappa shape index (κ2) is 4.83. The minimum atomic E-state index is -0.0269. The lowest BCUT2D eigenvalue weighted by molar-refractivity contribution is 0.103. The number of hydrogen-bond acceptors (Lipinski definition) is 1. The van der Waals surface area contributed by atoms with Gasteiger partial charge in [0.25, 0.3) is 0 Å². The second-order valence-corrected chi connectivity index (χ2v) is 5.44. The van der Waals surface area contributed by atoms with Crippen LogP contribution in [0.4, 0.5) is 0 Å². The Labute approximate surface area is 123 Å². The summed E-state index contributed by atoms with van der Waals surface area (Å²) in [5.41, 5.74) is 2.06. The highest BCUT2D eigenvalue weighted by molar-refractivity contribution is 9.10. The molecule has 19 heavy (non-hydrogen) atoms. The van der Waals surface area contributed by atoms with E-state index in [0.717, 1.165) is 15.4 Å². The maximum absolute atomic E-state index is 12.6. The first kappa shape index (κ1) is 12.5. The van der Waals surface area contributed by atoms with Crippen molar-refractivity contribution in [3.8, 4) is 0 Å². The number of carbonyl (C=O) groups excluding carboxylic acids is 1. The lowest BCUT2D eigenvalue weighted by Gasteiger charge is -2.02. The Bertz CT molecular complexity index is 779. The molecular formula is C15H9BrClNO. The molecule has 0 aliphatic heterocycles. The van der Waals surface area contributed by atoms with Crippen LogP contribution in [0, 0.1) is 0 Å². The van der Waals surface area contributed by atoms with Crippen LogP contribution in [0.5, 0.6) is 0 Å². The fourth-order valence-electron chi connectivity index (χ4n) is 2.10. The summed E-state index contributed by atoms with van der Waals surface area (Å²) in [4.78, 5) is 15.6. The third kappa shape index (κ3) is 2.09. The largest absolute Gasteiger partial charge is 0.359 e. The summed E-state index contributed by atoms with van der Waals surface area (Å²) in [6, 6.07) is 12.9. The lowest BCUT2D eigenvalue weighted by atomic mass is 10.0. The Morgan fingerprint density at radius 2 is 1.84 bits per heavy atom. The van der Waals surface area contributed by atoms with Gasteiger partial charge >= 0.3 is 0 Å². The minimum absolute atomic E-state index is 0.0269. The van der Waals surface area contributed by atoms with E-state index >= 15 is 0 Å². The van der Waals surface area contributed by atoms with Crippen LogP contribution in [0.3, 0.4) is 0 Å². The number of benzene rings is 2. The molecule has 2 nitrogen and oxygen atoms in total. The van der Waals surface area contributed by atoms with Crippen molar-refractivity contribution in [1.29, 1.82) is 0 Å². The zero-order chi connectivity index (χ0) is 13.4. The van der Waals surface area contributed by atoms with Crippen LogP contribution in [0.25, 0.3) is 10.9 Å². The van der Waals surface area contributed by atoms with E-state index < -0.39 is 0 Å². The van der Waals surface area contributed by atoms with Crippen molar-refractivity contribution in [3.63, 3.8) is 0 Å². The Morgan fingerprint density at radius 3 is 2.63 bits per heavy atom. The highest BCUT2D eigenvalue weighted by Crippen LogP contribution is 2.28. The van der Waals surface area contributed by atoms with Crippen LogP contribution >= 0.6 is 27.5 Å². The summed E-state index contributed by atoms with van der Waals surface area (Å²) in [6.45, 7) is 0. The average molecular weight is 335 g/mol. The molecule has 0 bridgehead atoms. The van der Waals surface area contributed by atoms with E-state index in [1.807, 2.05) is 30.3 Å². The molecule has 0 radical (unpaired) electrons. The van der Waals surface area contributed by atoms with Crippen molar-refractivity contribution in [2.75, 3.05) is 0 Å². The van der Waals surface area contributed by atoms with Gasteiger partial charge in [-0.2, -0.15) is 0 Å². The number of ketones is 1. The second-order valence-electron chi connectivity index (χ2n) is 4.17. The maximum Gasteiger partial charge on any atom is 0.196 e. The molecule has 0 aliphatic rings. The number of fused-ring (bicyclic) bond motifs is 1. The Kier molecular flexibility index (Phi) is 3.17. The molecule has 2 aromatic carbocycles. The first-order chi connectivity index (χ1) is 9.18. The van der Waals surface area contributed by atoms with Crippen molar-refractivity contribution >= 4 is 44.2 Å². The SMILES string of the molecule is O=C(c1ccccc1Br)c1c[nH]c2c(Cl)cccc12. The number of hydrogen-bond donors (Lipinski definition) is 1. The highest BCUT2D eigenvalue weighted by atomic mass is 79.9. The maximum atomic E-state index is 12.6. The zero-order valence-corrected chi connectivity index (χ0v) is 12.1. The molecular weight excluding hydrogens is 326 g/mol. The summed E-state index contributed by atoms with van der Waals surface area (Å²) in [7, 11) is 0. The summed E-state index contributed by atoms with van der Waals surface area (Å²) in [6.07, 6.45) is 1.71. The van der Waals surface area contributed by atoms with E-state index in [1.54, 1.807) is 18.3 Å². The highest BCUT2D eigenvalue weighted by Gasteiger charge is 2.16. The number of nitrogens with one attached hydrogen (secondary N) is 1. The fraction of sp³-hybridized carbons (Fsp3) is 0. The Morgan fingerprint density at radius 1 is 1.05 bits per heavy atom. The zero-order valence-electron chi connectivity index (χ0n) is 9.78. The standard InChI is InChI=1S/C15H9BrClNO/c16-12-6-2-1-4-10(12)15(19)11-8-18-14-9(11)5-3-7-13(14)17/h1-8,18H. The molecule has 0 saturated heterocycles. The van der Waals surface area contributed by atoms with Crippen molar-refractivity contribution in [3.05, 3.63) is 69.3 Å². The first-order valence-electron chi connectivity index (χ1n) is 5.73. The predicted molar refractivity (Wildman–Crippen MR) is 80.9 cm³/mol. The third-order valence-corrected chi connectivity index (χ3v) is 4.03. The molecule has 0 aliphatic carbocycles. The monoisotopic (exact) mass is 333 g/mol. The Balaban J connectivity index is 2.18. The van der Waals surface area contributed by atoms with Gasteiger partial charge in [-0.15, -0.1) is 0 Å². The molecule has 1 aromatic heterocycles. The van der Waals surface area contributed by atoms with Crippen molar-refractivity contribution < 1.29 is 4.79 Å². The number of halogens is 2. The molecule has 0 unspecified atom stereocenters.